The number of hydrogen-bond donors (Lipinski definition) is 2. The second-order valence-corrected chi connectivity index (χ2v) is 5.12. The second-order valence-electron chi connectivity index (χ2n) is 5.12. The summed E-state index contributed by atoms with van der Waals surface area (Å²) in [6.45, 7) is 0. The first kappa shape index (κ1) is 18.4. The number of amides is 1. The predicted molar refractivity (Wildman–Crippen MR) is 98.6 cm³/mol. The zero-order valence-electron chi connectivity index (χ0n) is 13.8. The van der Waals surface area contributed by atoms with Gasteiger partial charge in [-0.25, -0.2) is 4.79 Å². The molecule has 2 aromatic carbocycles. The van der Waals surface area contributed by atoms with Crippen LogP contribution in [0.15, 0.2) is 79.1 Å². The molecule has 3 N–H and O–H groups in total. The Morgan fingerprint density at radius 1 is 0.808 bits per heavy atom. The Balaban J connectivity index is 0.000000342. The molecule has 5 nitrogen and oxygen atoms in total. The van der Waals surface area contributed by atoms with Gasteiger partial charge in [0, 0.05) is 23.5 Å². The van der Waals surface area contributed by atoms with Crippen LogP contribution in [0.2, 0.25) is 0 Å². The molecule has 5 heteroatoms. The molecule has 0 aliphatic rings. The summed E-state index contributed by atoms with van der Waals surface area (Å²) in [5.41, 5.74) is 6.69. The van der Waals surface area contributed by atoms with Crippen LogP contribution in [0.1, 0.15) is 31.8 Å². The van der Waals surface area contributed by atoms with Gasteiger partial charge < -0.3 is 10.8 Å². The molecule has 0 bridgehead atoms. The van der Waals surface area contributed by atoms with E-state index in [2.05, 4.69) is 16.8 Å². The number of primary amides is 1. The van der Waals surface area contributed by atoms with Crippen molar-refractivity contribution in [2.45, 2.75) is 0 Å². The molecule has 0 saturated carbocycles. The third-order valence-electron chi connectivity index (χ3n) is 3.15. The Hall–Kier alpha value is -3.91. The van der Waals surface area contributed by atoms with E-state index in [0.29, 0.717) is 11.1 Å². The maximum atomic E-state index is 11.0. The number of carbonyl (C=O) groups excluding carboxylic acids is 1. The van der Waals surface area contributed by atoms with Crippen LogP contribution in [0.3, 0.4) is 0 Å². The van der Waals surface area contributed by atoms with Crippen molar-refractivity contribution < 1.29 is 14.7 Å². The molecular weight excluding hydrogens is 328 g/mol. The molecule has 3 rings (SSSR count). The Bertz CT molecular complexity index is 869. The van der Waals surface area contributed by atoms with Crippen molar-refractivity contribution in [1.82, 2.24) is 4.98 Å². The van der Waals surface area contributed by atoms with Crippen LogP contribution in [-0.4, -0.2) is 22.0 Å². The van der Waals surface area contributed by atoms with E-state index in [1.807, 2.05) is 36.4 Å². The number of aromatic carboxylic acids is 1. The Labute approximate surface area is 151 Å². The lowest BCUT2D eigenvalue weighted by atomic mass is 10.1. The molecular formula is C21H16N2O3. The van der Waals surface area contributed by atoms with E-state index < -0.39 is 11.9 Å². The Morgan fingerprint density at radius 2 is 1.38 bits per heavy atom. The molecule has 26 heavy (non-hydrogen) atoms. The van der Waals surface area contributed by atoms with Gasteiger partial charge in [0.1, 0.15) is 0 Å². The number of carboxylic acids is 1. The fraction of sp³-hybridized carbons (Fsp3) is 0. The van der Waals surface area contributed by atoms with Gasteiger partial charge in [-0.05, 0) is 24.3 Å². The number of pyridine rings is 1. The standard InChI is InChI=1S/C15H10N2O3.C6H6/c16-14(18)13-7-11(8-17-9-13)5-4-10-2-1-3-12(6-10)15(19)20;1-2-4-6-5-3-1/h1-3,6-9H,(H2,16,18)(H,19,20);1-6H. The minimum atomic E-state index is -1.01. The van der Waals surface area contributed by atoms with Crippen LogP contribution in [0.5, 0.6) is 0 Å². The van der Waals surface area contributed by atoms with Gasteiger partial charge in [0.2, 0.25) is 5.91 Å². The van der Waals surface area contributed by atoms with Gasteiger partial charge in [0.15, 0.2) is 0 Å². The number of nitrogens with two attached hydrogens (primary N) is 1. The number of aromatic nitrogens is 1. The van der Waals surface area contributed by atoms with Crippen molar-refractivity contribution in [3.05, 3.63) is 101 Å². The van der Waals surface area contributed by atoms with Crippen LogP contribution in [0.4, 0.5) is 0 Å². The fourth-order valence-electron chi connectivity index (χ4n) is 1.90. The van der Waals surface area contributed by atoms with Gasteiger partial charge in [-0.3, -0.25) is 9.78 Å². The quantitative estimate of drug-likeness (QED) is 0.699. The van der Waals surface area contributed by atoms with E-state index in [0.717, 1.165) is 0 Å². The number of benzene rings is 2. The van der Waals surface area contributed by atoms with Crippen molar-refractivity contribution in [2.24, 2.45) is 5.73 Å². The van der Waals surface area contributed by atoms with Gasteiger partial charge in [-0.2, -0.15) is 0 Å². The summed E-state index contributed by atoms with van der Waals surface area (Å²) >= 11 is 0. The molecule has 0 aliphatic carbocycles. The summed E-state index contributed by atoms with van der Waals surface area (Å²) in [6.07, 6.45) is 2.86. The molecule has 0 atom stereocenters. The van der Waals surface area contributed by atoms with E-state index in [1.54, 1.807) is 12.1 Å². The lowest BCUT2D eigenvalue weighted by molar-refractivity contribution is 0.0696. The summed E-state index contributed by atoms with van der Waals surface area (Å²) in [6, 6.07) is 19.8. The van der Waals surface area contributed by atoms with Crippen molar-refractivity contribution >= 4 is 11.9 Å². The first-order chi connectivity index (χ1) is 12.6. The molecule has 0 aliphatic heterocycles. The number of rotatable bonds is 2. The van der Waals surface area contributed by atoms with Gasteiger partial charge in [0.25, 0.3) is 0 Å². The van der Waals surface area contributed by atoms with Crippen LogP contribution in [0, 0.1) is 11.8 Å². The van der Waals surface area contributed by atoms with Crippen LogP contribution >= 0.6 is 0 Å². The maximum absolute atomic E-state index is 11.0. The molecule has 128 valence electrons. The molecule has 0 radical (unpaired) electrons. The van der Waals surface area contributed by atoms with Crippen molar-refractivity contribution in [1.29, 1.82) is 0 Å². The third-order valence-corrected chi connectivity index (χ3v) is 3.15. The Kier molecular flexibility index (Phi) is 6.66. The number of hydrogen-bond acceptors (Lipinski definition) is 3. The highest BCUT2D eigenvalue weighted by Crippen LogP contribution is 2.05. The van der Waals surface area contributed by atoms with Gasteiger partial charge in [-0.1, -0.05) is 54.3 Å². The molecule has 0 unspecified atom stereocenters. The summed E-state index contributed by atoms with van der Waals surface area (Å²) in [5, 5.41) is 8.88. The predicted octanol–water partition coefficient (Wildman–Crippen LogP) is 2.97. The molecule has 0 saturated heterocycles. The SMILES string of the molecule is NC(=O)c1cncc(C#Cc2cccc(C(=O)O)c2)c1.c1ccccc1. The minimum Gasteiger partial charge on any atom is -0.478 e. The molecule has 1 amide bonds. The summed E-state index contributed by atoms with van der Waals surface area (Å²) < 4.78 is 0. The van der Waals surface area contributed by atoms with Gasteiger partial charge >= 0.3 is 5.97 Å². The van der Waals surface area contributed by atoms with E-state index in [9.17, 15) is 9.59 Å². The van der Waals surface area contributed by atoms with Crippen LogP contribution in [-0.2, 0) is 0 Å². The monoisotopic (exact) mass is 344 g/mol. The molecule has 1 aromatic heterocycles. The average Bonchev–Trinajstić information content (AvgIpc) is 2.68. The number of carbonyl (C=O) groups is 2. The summed E-state index contributed by atoms with van der Waals surface area (Å²) in [5.74, 6) is 4.04. The number of nitrogens with zero attached hydrogens (tertiary/aromatic N) is 1. The lowest BCUT2D eigenvalue weighted by Gasteiger charge is -1.96. The Morgan fingerprint density at radius 3 is 1.96 bits per heavy atom. The molecule has 0 spiro atoms. The van der Waals surface area contributed by atoms with Gasteiger partial charge in [-0.15, -0.1) is 0 Å². The first-order valence-electron chi connectivity index (χ1n) is 7.66. The second kappa shape index (κ2) is 9.40. The van der Waals surface area contributed by atoms with Crippen LogP contribution < -0.4 is 5.73 Å². The molecule has 0 fully saturated rings. The van der Waals surface area contributed by atoms with Gasteiger partial charge in [0.05, 0.1) is 11.1 Å². The minimum absolute atomic E-state index is 0.167. The highest BCUT2D eigenvalue weighted by atomic mass is 16.4. The highest BCUT2D eigenvalue weighted by Gasteiger charge is 2.02. The maximum Gasteiger partial charge on any atom is 0.335 e. The lowest BCUT2D eigenvalue weighted by Crippen LogP contribution is -2.11. The highest BCUT2D eigenvalue weighted by molar-refractivity contribution is 5.92. The average molecular weight is 344 g/mol. The molecule has 3 aromatic rings. The topological polar surface area (TPSA) is 93.3 Å². The largest absolute Gasteiger partial charge is 0.478 e. The smallest absolute Gasteiger partial charge is 0.335 e. The summed E-state index contributed by atoms with van der Waals surface area (Å²) in [4.78, 5) is 25.7. The summed E-state index contributed by atoms with van der Waals surface area (Å²) in [7, 11) is 0. The van der Waals surface area contributed by atoms with E-state index in [1.165, 1.54) is 30.6 Å². The van der Waals surface area contributed by atoms with Crippen molar-refractivity contribution in [2.75, 3.05) is 0 Å². The van der Waals surface area contributed by atoms with E-state index in [4.69, 9.17) is 10.8 Å². The third kappa shape index (κ3) is 5.95. The first-order valence-corrected chi connectivity index (χ1v) is 7.66. The van der Waals surface area contributed by atoms with Crippen molar-refractivity contribution in [3.8, 4) is 11.8 Å². The van der Waals surface area contributed by atoms with Crippen LogP contribution in [0.25, 0.3) is 0 Å². The van der Waals surface area contributed by atoms with Crippen molar-refractivity contribution in [3.63, 3.8) is 0 Å². The van der Waals surface area contributed by atoms with E-state index in [-0.39, 0.29) is 11.1 Å². The molecule has 1 heterocycles. The normalized spacial score (nSPS) is 9.08. The fourth-order valence-corrected chi connectivity index (χ4v) is 1.90. The number of carboxylic acid groups (broad SMARTS) is 1. The van der Waals surface area contributed by atoms with E-state index >= 15 is 0 Å². The zero-order chi connectivity index (χ0) is 18.8. The zero-order valence-corrected chi connectivity index (χ0v) is 13.8.